The van der Waals surface area contributed by atoms with Crippen LogP contribution in [-0.4, -0.2) is 34.0 Å². The number of hydrogen-bond donors (Lipinski definition) is 1. The van der Waals surface area contributed by atoms with Gasteiger partial charge in [0, 0.05) is 12.4 Å². The Balaban J connectivity index is 2.23. The van der Waals surface area contributed by atoms with Crippen LogP contribution in [-0.2, 0) is 4.79 Å². The Morgan fingerprint density at radius 2 is 2.20 bits per heavy atom. The highest BCUT2D eigenvalue weighted by atomic mass is 16.4. The smallest absolute Gasteiger partial charge is 0.325 e. The van der Waals surface area contributed by atoms with Gasteiger partial charge in [-0.1, -0.05) is 6.07 Å². The molecule has 1 N–H and O–H groups in total. The lowest BCUT2D eigenvalue weighted by Crippen LogP contribution is -2.31. The summed E-state index contributed by atoms with van der Waals surface area (Å²) in [5.74, 6) is -0.787. The summed E-state index contributed by atoms with van der Waals surface area (Å²) in [4.78, 5) is 17.2. The molecular weight excluding hydrogens is 192 g/mol. The number of carboxylic acids is 1. The van der Waals surface area contributed by atoms with Gasteiger partial charge in [0.05, 0.1) is 0 Å². The normalized spacial score (nSPS) is 18.9. The second-order valence-electron chi connectivity index (χ2n) is 3.77. The van der Waals surface area contributed by atoms with Crippen molar-refractivity contribution in [2.75, 3.05) is 13.1 Å². The van der Waals surface area contributed by atoms with Crippen molar-refractivity contribution in [3.63, 3.8) is 0 Å². The van der Waals surface area contributed by atoms with Crippen molar-refractivity contribution < 1.29 is 9.90 Å². The predicted octanol–water partition coefficient (Wildman–Crippen LogP) is 1.30. The molecular formula is C11H14N2O2. The Kier molecular flexibility index (Phi) is 2.97. The molecule has 0 amide bonds. The largest absolute Gasteiger partial charge is 0.480 e. The first kappa shape index (κ1) is 10.1. The highest BCUT2D eigenvalue weighted by Crippen LogP contribution is 2.24. The fraction of sp³-hybridized carbons (Fsp3) is 0.455. The highest BCUT2D eigenvalue weighted by Gasteiger charge is 2.29. The van der Waals surface area contributed by atoms with Crippen LogP contribution in [0.25, 0.3) is 0 Å². The van der Waals surface area contributed by atoms with Crippen molar-refractivity contribution in [2.24, 2.45) is 0 Å². The fourth-order valence-corrected chi connectivity index (χ4v) is 2.05. The predicted molar refractivity (Wildman–Crippen MR) is 55.4 cm³/mol. The van der Waals surface area contributed by atoms with E-state index < -0.39 is 12.0 Å². The van der Waals surface area contributed by atoms with E-state index in [-0.39, 0.29) is 0 Å². The first-order valence-corrected chi connectivity index (χ1v) is 5.16. The molecule has 1 aliphatic rings. The standard InChI is InChI=1S/C11H14N2O2/c14-11(15)10(13-6-1-2-7-13)9-4-3-5-12-8-9/h3-5,8,10H,1-2,6-7H2,(H,14,15). The zero-order valence-electron chi connectivity index (χ0n) is 8.47. The van der Waals surface area contributed by atoms with Crippen molar-refractivity contribution in [2.45, 2.75) is 18.9 Å². The van der Waals surface area contributed by atoms with Crippen LogP contribution in [0.2, 0.25) is 0 Å². The molecule has 4 nitrogen and oxygen atoms in total. The minimum atomic E-state index is -0.787. The third kappa shape index (κ3) is 2.15. The van der Waals surface area contributed by atoms with Gasteiger partial charge in [0.15, 0.2) is 0 Å². The molecule has 1 saturated heterocycles. The van der Waals surface area contributed by atoms with Gasteiger partial charge in [-0.3, -0.25) is 14.7 Å². The van der Waals surface area contributed by atoms with Gasteiger partial charge in [0.25, 0.3) is 0 Å². The third-order valence-corrected chi connectivity index (χ3v) is 2.74. The number of nitrogens with zero attached hydrogens (tertiary/aromatic N) is 2. The number of carbonyl (C=O) groups is 1. The second-order valence-corrected chi connectivity index (χ2v) is 3.77. The van der Waals surface area contributed by atoms with Crippen LogP contribution in [0, 0.1) is 0 Å². The van der Waals surface area contributed by atoms with Crippen molar-refractivity contribution in [1.82, 2.24) is 9.88 Å². The Morgan fingerprint density at radius 1 is 1.47 bits per heavy atom. The summed E-state index contributed by atoms with van der Waals surface area (Å²) in [5.41, 5.74) is 0.770. The number of aromatic nitrogens is 1. The summed E-state index contributed by atoms with van der Waals surface area (Å²) in [5, 5.41) is 9.22. The number of pyridine rings is 1. The zero-order chi connectivity index (χ0) is 10.7. The SMILES string of the molecule is O=C(O)C(c1cccnc1)N1CCCC1. The lowest BCUT2D eigenvalue weighted by Gasteiger charge is -2.23. The highest BCUT2D eigenvalue weighted by molar-refractivity contribution is 5.75. The minimum absolute atomic E-state index is 0.527. The molecule has 1 aromatic heterocycles. The topological polar surface area (TPSA) is 53.4 Å². The number of carboxylic acid groups (broad SMARTS) is 1. The number of likely N-dealkylation sites (tertiary alicyclic amines) is 1. The van der Waals surface area contributed by atoms with Crippen molar-refractivity contribution in [3.8, 4) is 0 Å². The number of aliphatic carboxylic acids is 1. The van der Waals surface area contributed by atoms with E-state index in [4.69, 9.17) is 0 Å². The summed E-state index contributed by atoms with van der Waals surface area (Å²) in [6.07, 6.45) is 5.47. The van der Waals surface area contributed by atoms with Crippen molar-refractivity contribution in [3.05, 3.63) is 30.1 Å². The van der Waals surface area contributed by atoms with Crippen LogP contribution in [0.5, 0.6) is 0 Å². The van der Waals surface area contributed by atoms with Gasteiger partial charge >= 0.3 is 5.97 Å². The molecule has 1 aromatic rings. The van der Waals surface area contributed by atoms with E-state index in [2.05, 4.69) is 4.98 Å². The van der Waals surface area contributed by atoms with Crippen LogP contribution in [0.3, 0.4) is 0 Å². The van der Waals surface area contributed by atoms with E-state index in [0.717, 1.165) is 31.5 Å². The second kappa shape index (κ2) is 4.40. The Bertz CT molecular complexity index is 334. The van der Waals surface area contributed by atoms with Gasteiger partial charge in [0.2, 0.25) is 0 Å². The van der Waals surface area contributed by atoms with E-state index in [1.165, 1.54) is 0 Å². The van der Waals surface area contributed by atoms with E-state index >= 15 is 0 Å². The Morgan fingerprint density at radius 3 is 2.73 bits per heavy atom. The minimum Gasteiger partial charge on any atom is -0.480 e. The first-order valence-electron chi connectivity index (χ1n) is 5.16. The Labute approximate surface area is 88.6 Å². The molecule has 0 aromatic carbocycles. The zero-order valence-corrected chi connectivity index (χ0v) is 8.47. The molecule has 15 heavy (non-hydrogen) atoms. The number of hydrogen-bond acceptors (Lipinski definition) is 3. The Hall–Kier alpha value is -1.42. The van der Waals surface area contributed by atoms with Crippen LogP contribution >= 0.6 is 0 Å². The summed E-state index contributed by atoms with van der Waals surface area (Å²) in [6.45, 7) is 1.73. The molecule has 1 aliphatic heterocycles. The fourth-order valence-electron chi connectivity index (χ4n) is 2.05. The summed E-state index contributed by atoms with van der Waals surface area (Å²) < 4.78 is 0. The molecule has 1 atom stereocenters. The summed E-state index contributed by atoms with van der Waals surface area (Å²) >= 11 is 0. The van der Waals surface area contributed by atoms with Gasteiger partial charge in [-0.25, -0.2) is 0 Å². The molecule has 2 heterocycles. The van der Waals surface area contributed by atoms with Gasteiger partial charge < -0.3 is 5.11 Å². The lowest BCUT2D eigenvalue weighted by atomic mass is 10.1. The van der Waals surface area contributed by atoms with Crippen LogP contribution in [0.15, 0.2) is 24.5 Å². The average molecular weight is 206 g/mol. The first-order chi connectivity index (χ1) is 7.29. The van der Waals surface area contributed by atoms with Gasteiger partial charge in [0.1, 0.15) is 6.04 Å². The number of rotatable bonds is 3. The van der Waals surface area contributed by atoms with E-state index in [1.807, 2.05) is 11.0 Å². The quantitative estimate of drug-likeness (QED) is 0.810. The van der Waals surface area contributed by atoms with Crippen molar-refractivity contribution in [1.29, 1.82) is 0 Å². The monoisotopic (exact) mass is 206 g/mol. The van der Waals surface area contributed by atoms with E-state index in [1.54, 1.807) is 18.5 Å². The third-order valence-electron chi connectivity index (χ3n) is 2.74. The summed E-state index contributed by atoms with van der Waals surface area (Å²) in [7, 11) is 0. The molecule has 0 aliphatic carbocycles. The maximum atomic E-state index is 11.2. The van der Waals surface area contributed by atoms with Crippen LogP contribution in [0.4, 0.5) is 0 Å². The van der Waals surface area contributed by atoms with Crippen LogP contribution < -0.4 is 0 Å². The van der Waals surface area contributed by atoms with E-state index in [0.29, 0.717) is 0 Å². The average Bonchev–Trinajstić information content (AvgIpc) is 2.72. The van der Waals surface area contributed by atoms with Crippen LogP contribution in [0.1, 0.15) is 24.4 Å². The molecule has 4 heteroatoms. The molecule has 0 radical (unpaired) electrons. The van der Waals surface area contributed by atoms with Gasteiger partial charge in [-0.2, -0.15) is 0 Å². The summed E-state index contributed by atoms with van der Waals surface area (Å²) in [6, 6.07) is 3.08. The molecule has 1 fully saturated rings. The van der Waals surface area contributed by atoms with Gasteiger partial charge in [-0.15, -0.1) is 0 Å². The maximum Gasteiger partial charge on any atom is 0.325 e. The molecule has 0 saturated carbocycles. The van der Waals surface area contributed by atoms with Crippen molar-refractivity contribution >= 4 is 5.97 Å². The molecule has 0 spiro atoms. The molecule has 80 valence electrons. The molecule has 1 unspecified atom stereocenters. The van der Waals surface area contributed by atoms with Gasteiger partial charge in [-0.05, 0) is 37.6 Å². The van der Waals surface area contributed by atoms with E-state index in [9.17, 15) is 9.90 Å². The molecule has 2 rings (SSSR count). The molecule has 0 bridgehead atoms. The maximum absolute atomic E-state index is 11.2. The lowest BCUT2D eigenvalue weighted by molar-refractivity contribution is -0.143.